The van der Waals surface area contributed by atoms with Gasteiger partial charge in [-0.15, -0.1) is 0 Å². The van der Waals surface area contributed by atoms with E-state index in [0.29, 0.717) is 36.9 Å². The first-order chi connectivity index (χ1) is 13.7. The van der Waals surface area contributed by atoms with Crippen LogP contribution in [0.1, 0.15) is 12.5 Å². The van der Waals surface area contributed by atoms with Gasteiger partial charge in [0.25, 0.3) is 0 Å². The standard InChI is InChI=1S/C21H26ClN3O3S/c1-16-9-10-19(15-20(16)22)25(29(3,27)28)17(2)21(26)24-13-11-23(12-14-24)18-7-5-4-6-8-18/h4-10,15,17H,11-14H2,1-3H3/t17-/m0/s1. The number of carbonyl (C=O) groups is 1. The van der Waals surface area contributed by atoms with Crippen LogP contribution in [0.3, 0.4) is 0 Å². The van der Waals surface area contributed by atoms with Gasteiger partial charge in [-0.1, -0.05) is 35.9 Å². The van der Waals surface area contributed by atoms with Crippen LogP contribution in [0.2, 0.25) is 5.02 Å². The highest BCUT2D eigenvalue weighted by molar-refractivity contribution is 7.92. The molecule has 1 aliphatic rings. The van der Waals surface area contributed by atoms with Gasteiger partial charge in [0.15, 0.2) is 0 Å². The second-order valence-electron chi connectivity index (χ2n) is 7.32. The number of carbonyl (C=O) groups excluding carboxylic acids is 1. The van der Waals surface area contributed by atoms with Crippen molar-refractivity contribution in [2.24, 2.45) is 0 Å². The van der Waals surface area contributed by atoms with Crippen LogP contribution < -0.4 is 9.21 Å². The summed E-state index contributed by atoms with van der Waals surface area (Å²) in [6.07, 6.45) is 1.11. The summed E-state index contributed by atoms with van der Waals surface area (Å²) in [5.74, 6) is -0.208. The molecule has 1 amide bonds. The Hall–Kier alpha value is -2.25. The van der Waals surface area contributed by atoms with E-state index >= 15 is 0 Å². The van der Waals surface area contributed by atoms with Crippen molar-refractivity contribution in [1.29, 1.82) is 0 Å². The number of halogens is 1. The van der Waals surface area contributed by atoms with E-state index in [4.69, 9.17) is 11.6 Å². The van der Waals surface area contributed by atoms with Crippen LogP contribution in [0.4, 0.5) is 11.4 Å². The molecule has 1 atom stereocenters. The van der Waals surface area contributed by atoms with Crippen LogP contribution in [-0.4, -0.2) is 57.7 Å². The third kappa shape index (κ3) is 4.85. The van der Waals surface area contributed by atoms with Crippen LogP contribution in [0.15, 0.2) is 48.5 Å². The van der Waals surface area contributed by atoms with Gasteiger partial charge >= 0.3 is 0 Å². The second kappa shape index (κ2) is 8.63. The van der Waals surface area contributed by atoms with E-state index < -0.39 is 16.1 Å². The number of aryl methyl sites for hydroxylation is 1. The quantitative estimate of drug-likeness (QED) is 0.723. The summed E-state index contributed by atoms with van der Waals surface area (Å²) < 4.78 is 26.2. The number of para-hydroxylation sites is 1. The molecule has 1 aliphatic heterocycles. The second-order valence-corrected chi connectivity index (χ2v) is 9.58. The number of rotatable bonds is 5. The number of nitrogens with zero attached hydrogens (tertiary/aromatic N) is 3. The van der Waals surface area contributed by atoms with Crippen LogP contribution in [0.5, 0.6) is 0 Å². The largest absolute Gasteiger partial charge is 0.368 e. The lowest BCUT2D eigenvalue weighted by molar-refractivity contribution is -0.132. The predicted molar refractivity (Wildman–Crippen MR) is 118 cm³/mol. The summed E-state index contributed by atoms with van der Waals surface area (Å²) in [5, 5.41) is 0.465. The third-order valence-electron chi connectivity index (χ3n) is 5.19. The fraction of sp³-hybridized carbons (Fsp3) is 0.381. The molecule has 2 aromatic carbocycles. The molecule has 0 spiro atoms. The van der Waals surface area contributed by atoms with E-state index in [1.54, 1.807) is 30.0 Å². The molecule has 3 rings (SSSR count). The van der Waals surface area contributed by atoms with Gasteiger partial charge in [0.1, 0.15) is 6.04 Å². The number of amides is 1. The molecule has 8 heteroatoms. The molecule has 1 saturated heterocycles. The average molecular weight is 436 g/mol. The number of anilines is 2. The minimum Gasteiger partial charge on any atom is -0.368 e. The van der Waals surface area contributed by atoms with E-state index in [2.05, 4.69) is 4.90 Å². The number of piperazine rings is 1. The maximum absolute atomic E-state index is 13.1. The Kier molecular flexibility index (Phi) is 6.39. The molecule has 0 radical (unpaired) electrons. The molecule has 0 unspecified atom stereocenters. The van der Waals surface area contributed by atoms with Crippen molar-refractivity contribution < 1.29 is 13.2 Å². The molecule has 0 N–H and O–H groups in total. The van der Waals surface area contributed by atoms with Crippen molar-refractivity contribution in [3.63, 3.8) is 0 Å². The fourth-order valence-corrected chi connectivity index (χ4v) is 4.95. The van der Waals surface area contributed by atoms with Gasteiger partial charge in [0, 0.05) is 36.9 Å². The summed E-state index contributed by atoms with van der Waals surface area (Å²) in [6.45, 7) is 5.97. The molecular formula is C21H26ClN3O3S. The summed E-state index contributed by atoms with van der Waals surface area (Å²) >= 11 is 6.19. The third-order valence-corrected chi connectivity index (χ3v) is 6.84. The first-order valence-corrected chi connectivity index (χ1v) is 11.8. The molecule has 0 aromatic heterocycles. The summed E-state index contributed by atoms with van der Waals surface area (Å²) in [6, 6.07) is 14.2. The zero-order valence-corrected chi connectivity index (χ0v) is 18.4. The van der Waals surface area contributed by atoms with Crippen LogP contribution in [0.25, 0.3) is 0 Å². The number of hydrogen-bond donors (Lipinski definition) is 0. The Morgan fingerprint density at radius 2 is 1.69 bits per heavy atom. The van der Waals surface area contributed by atoms with Crippen LogP contribution in [0, 0.1) is 6.92 Å². The first-order valence-electron chi connectivity index (χ1n) is 9.53. The summed E-state index contributed by atoms with van der Waals surface area (Å²) in [5.41, 5.74) is 2.37. The molecular weight excluding hydrogens is 410 g/mol. The van der Waals surface area contributed by atoms with E-state index in [1.807, 2.05) is 37.3 Å². The molecule has 0 saturated carbocycles. The van der Waals surface area contributed by atoms with Crippen molar-refractivity contribution in [1.82, 2.24) is 4.90 Å². The monoisotopic (exact) mass is 435 g/mol. The molecule has 1 fully saturated rings. The van der Waals surface area contributed by atoms with E-state index in [9.17, 15) is 13.2 Å². The first kappa shape index (κ1) is 21.5. The lowest BCUT2D eigenvalue weighted by Crippen LogP contribution is -2.55. The Labute approximate surface area is 177 Å². The fourth-order valence-electron chi connectivity index (χ4n) is 3.61. The van der Waals surface area contributed by atoms with Crippen molar-refractivity contribution in [2.45, 2.75) is 19.9 Å². The maximum atomic E-state index is 13.1. The summed E-state index contributed by atoms with van der Waals surface area (Å²) in [7, 11) is -3.67. The van der Waals surface area contributed by atoms with Crippen molar-refractivity contribution >= 4 is 38.9 Å². The van der Waals surface area contributed by atoms with Gasteiger partial charge in [-0.05, 0) is 43.7 Å². The Bertz CT molecular complexity index is 974. The molecule has 2 aromatic rings. The van der Waals surface area contributed by atoms with Crippen LogP contribution in [-0.2, 0) is 14.8 Å². The van der Waals surface area contributed by atoms with Gasteiger partial charge in [0.05, 0.1) is 11.9 Å². The number of sulfonamides is 1. The van der Waals surface area contributed by atoms with Gasteiger partial charge < -0.3 is 9.80 Å². The number of benzene rings is 2. The average Bonchev–Trinajstić information content (AvgIpc) is 2.70. The van der Waals surface area contributed by atoms with E-state index in [1.165, 1.54) is 0 Å². The van der Waals surface area contributed by atoms with Gasteiger partial charge in [-0.3, -0.25) is 9.10 Å². The SMILES string of the molecule is Cc1ccc(N([C@@H](C)C(=O)N2CCN(c3ccccc3)CC2)S(C)(=O)=O)cc1Cl. The Morgan fingerprint density at radius 3 is 2.24 bits per heavy atom. The Morgan fingerprint density at radius 1 is 1.07 bits per heavy atom. The Balaban J connectivity index is 1.76. The highest BCUT2D eigenvalue weighted by Gasteiger charge is 2.33. The van der Waals surface area contributed by atoms with Crippen LogP contribution >= 0.6 is 11.6 Å². The minimum absolute atomic E-state index is 0.208. The highest BCUT2D eigenvalue weighted by atomic mass is 35.5. The number of hydrogen-bond acceptors (Lipinski definition) is 4. The molecule has 29 heavy (non-hydrogen) atoms. The normalized spacial score (nSPS) is 15.9. The zero-order valence-electron chi connectivity index (χ0n) is 16.9. The smallest absolute Gasteiger partial charge is 0.246 e. The summed E-state index contributed by atoms with van der Waals surface area (Å²) in [4.78, 5) is 17.1. The predicted octanol–water partition coefficient (Wildman–Crippen LogP) is 3.15. The van der Waals surface area contributed by atoms with Crippen molar-refractivity contribution in [2.75, 3.05) is 41.6 Å². The molecule has 1 heterocycles. The molecule has 6 nitrogen and oxygen atoms in total. The maximum Gasteiger partial charge on any atom is 0.246 e. The van der Waals surface area contributed by atoms with E-state index in [0.717, 1.165) is 21.8 Å². The van der Waals surface area contributed by atoms with Gasteiger partial charge in [-0.2, -0.15) is 0 Å². The molecule has 0 bridgehead atoms. The van der Waals surface area contributed by atoms with E-state index in [-0.39, 0.29) is 5.91 Å². The highest BCUT2D eigenvalue weighted by Crippen LogP contribution is 2.27. The molecule has 156 valence electrons. The lowest BCUT2D eigenvalue weighted by Gasteiger charge is -2.39. The molecule has 0 aliphatic carbocycles. The van der Waals surface area contributed by atoms with Gasteiger partial charge in [-0.25, -0.2) is 8.42 Å². The van der Waals surface area contributed by atoms with Crippen molar-refractivity contribution in [3.8, 4) is 0 Å². The zero-order chi connectivity index (χ0) is 21.2. The van der Waals surface area contributed by atoms with Gasteiger partial charge in [0.2, 0.25) is 15.9 Å². The lowest BCUT2D eigenvalue weighted by atomic mass is 10.2. The van der Waals surface area contributed by atoms with Crippen molar-refractivity contribution in [3.05, 3.63) is 59.1 Å². The topological polar surface area (TPSA) is 60.9 Å². The minimum atomic E-state index is -3.67.